The van der Waals surface area contributed by atoms with E-state index in [2.05, 4.69) is 0 Å². The monoisotopic (exact) mass is 354 g/mol. The van der Waals surface area contributed by atoms with Gasteiger partial charge in [0.2, 0.25) is 0 Å². The second kappa shape index (κ2) is 5.17. The van der Waals surface area contributed by atoms with Crippen LogP contribution in [0.25, 0.3) is 0 Å². The fraction of sp³-hybridized carbons (Fsp3) is 0.647. The Morgan fingerprint density at radius 3 is 2.21 bits per heavy atom. The molecule has 3 aliphatic rings. The molecule has 1 heterocycles. The summed E-state index contributed by atoms with van der Waals surface area (Å²) >= 11 is 0. The van der Waals surface area contributed by atoms with Gasteiger partial charge in [-0.25, -0.2) is 0 Å². The van der Waals surface area contributed by atoms with Crippen LogP contribution in [0, 0.1) is 12.3 Å². The van der Waals surface area contributed by atoms with Crippen LogP contribution in [0.4, 0.5) is 0 Å². The van der Waals surface area contributed by atoms with Gasteiger partial charge in [0.15, 0.2) is 5.79 Å². The maximum absolute atomic E-state index is 11.7. The minimum atomic E-state index is -4.35. The lowest BCUT2D eigenvalue weighted by Gasteiger charge is -2.41. The summed E-state index contributed by atoms with van der Waals surface area (Å²) in [5, 5.41) is 10.1. The van der Waals surface area contributed by atoms with Crippen molar-refractivity contribution < 1.29 is 27.6 Å². The van der Waals surface area contributed by atoms with Crippen LogP contribution in [0.1, 0.15) is 42.4 Å². The van der Waals surface area contributed by atoms with E-state index in [9.17, 15) is 18.1 Å². The minimum Gasteiger partial charge on any atom is -0.508 e. The predicted octanol–water partition coefficient (Wildman–Crippen LogP) is 2.35. The molecule has 4 rings (SSSR count). The molecule has 0 aromatic heterocycles. The van der Waals surface area contributed by atoms with Crippen molar-refractivity contribution in [1.29, 1.82) is 0 Å². The third kappa shape index (κ3) is 2.45. The predicted molar refractivity (Wildman–Crippen MR) is 85.6 cm³/mol. The van der Waals surface area contributed by atoms with E-state index < -0.39 is 15.9 Å². The molecule has 0 bridgehead atoms. The number of phenolic OH excluding ortho intramolecular Hbond substituents is 1. The molecular formula is C17H22O6S. The van der Waals surface area contributed by atoms with Crippen molar-refractivity contribution >= 4 is 10.1 Å². The van der Waals surface area contributed by atoms with Gasteiger partial charge in [-0.2, -0.15) is 8.42 Å². The topological polar surface area (TPSA) is 93.1 Å². The van der Waals surface area contributed by atoms with Crippen LogP contribution >= 0.6 is 0 Å². The van der Waals surface area contributed by atoms with Gasteiger partial charge in [-0.3, -0.25) is 4.55 Å². The zero-order valence-corrected chi connectivity index (χ0v) is 14.5. The number of rotatable bonds is 1. The van der Waals surface area contributed by atoms with Crippen LogP contribution in [-0.4, -0.2) is 37.1 Å². The molecule has 0 amide bonds. The highest BCUT2D eigenvalue weighted by atomic mass is 32.2. The molecule has 1 saturated carbocycles. The Hall–Kier alpha value is -1.15. The maximum atomic E-state index is 11.7. The standard InChI is InChI=1S/C17H22O6S/c1-11-12-9-16(2-4-17(5-3-16)22-6-7-23-17)10-13(12)15(8-14(11)18)24(19,20)21/h8,18H,2-7,9-10H2,1H3,(H,19,20,21). The maximum Gasteiger partial charge on any atom is 0.294 e. The first-order valence-electron chi connectivity index (χ1n) is 8.34. The van der Waals surface area contributed by atoms with Crippen molar-refractivity contribution in [2.75, 3.05) is 13.2 Å². The molecule has 2 spiro atoms. The second-order valence-electron chi connectivity index (χ2n) is 7.41. The van der Waals surface area contributed by atoms with E-state index in [4.69, 9.17) is 9.47 Å². The molecule has 6 nitrogen and oxygen atoms in total. The number of fused-ring (bicyclic) bond motifs is 1. The van der Waals surface area contributed by atoms with Crippen LogP contribution in [0.5, 0.6) is 5.75 Å². The summed E-state index contributed by atoms with van der Waals surface area (Å²) in [6.45, 7) is 3.06. The van der Waals surface area contributed by atoms with Crippen LogP contribution < -0.4 is 0 Å². The number of aromatic hydroxyl groups is 1. The number of phenols is 1. The van der Waals surface area contributed by atoms with E-state index in [1.54, 1.807) is 6.92 Å². The molecule has 2 fully saturated rings. The van der Waals surface area contributed by atoms with E-state index in [0.717, 1.165) is 37.7 Å². The van der Waals surface area contributed by atoms with Gasteiger partial charge in [-0.1, -0.05) is 0 Å². The Bertz CT molecular complexity index is 782. The van der Waals surface area contributed by atoms with Crippen LogP contribution in [-0.2, 0) is 32.4 Å². The van der Waals surface area contributed by atoms with Gasteiger partial charge in [0.1, 0.15) is 10.6 Å². The Kier molecular flexibility index (Phi) is 3.52. The number of benzene rings is 1. The molecule has 1 aliphatic heterocycles. The fourth-order valence-electron chi connectivity index (χ4n) is 4.63. The summed E-state index contributed by atoms with van der Waals surface area (Å²) in [6, 6.07) is 1.18. The summed E-state index contributed by atoms with van der Waals surface area (Å²) in [5.74, 6) is -0.531. The van der Waals surface area contributed by atoms with Crippen molar-refractivity contribution in [1.82, 2.24) is 0 Å². The highest BCUT2D eigenvalue weighted by Crippen LogP contribution is 2.53. The minimum absolute atomic E-state index is 0.0408. The Balaban J connectivity index is 1.68. The Morgan fingerprint density at radius 2 is 1.62 bits per heavy atom. The Labute approximate surface area is 141 Å². The average molecular weight is 354 g/mol. The van der Waals surface area contributed by atoms with Gasteiger partial charge < -0.3 is 14.6 Å². The summed E-state index contributed by atoms with van der Waals surface area (Å²) in [6.07, 6.45) is 4.69. The van der Waals surface area contributed by atoms with E-state index in [-0.39, 0.29) is 16.1 Å². The third-order valence-corrected chi connectivity index (χ3v) is 6.95. The van der Waals surface area contributed by atoms with E-state index in [1.807, 2.05) is 0 Å². The normalized spacial score (nSPS) is 24.6. The highest BCUT2D eigenvalue weighted by Gasteiger charge is 2.49. The lowest BCUT2D eigenvalue weighted by atomic mass is 9.70. The van der Waals surface area contributed by atoms with Gasteiger partial charge in [0.05, 0.1) is 13.2 Å². The zero-order chi connectivity index (χ0) is 17.2. The third-order valence-electron chi connectivity index (χ3n) is 6.03. The van der Waals surface area contributed by atoms with Gasteiger partial charge in [-0.05, 0) is 54.7 Å². The molecule has 0 radical (unpaired) electrons. The molecule has 2 N–H and O–H groups in total. The lowest BCUT2D eigenvalue weighted by Crippen LogP contribution is -2.40. The molecule has 1 aromatic rings. The van der Waals surface area contributed by atoms with E-state index >= 15 is 0 Å². The largest absolute Gasteiger partial charge is 0.508 e. The first kappa shape index (κ1) is 16.3. The first-order valence-corrected chi connectivity index (χ1v) is 9.78. The van der Waals surface area contributed by atoms with Crippen LogP contribution in [0.15, 0.2) is 11.0 Å². The highest BCUT2D eigenvalue weighted by molar-refractivity contribution is 7.85. The molecule has 2 aliphatic carbocycles. The van der Waals surface area contributed by atoms with E-state index in [1.165, 1.54) is 6.07 Å². The van der Waals surface area contributed by atoms with Crippen molar-refractivity contribution in [3.63, 3.8) is 0 Å². The molecule has 0 unspecified atom stereocenters. The first-order chi connectivity index (χ1) is 11.2. The van der Waals surface area contributed by atoms with Gasteiger partial charge in [-0.15, -0.1) is 0 Å². The van der Waals surface area contributed by atoms with Gasteiger partial charge in [0.25, 0.3) is 10.1 Å². The smallest absolute Gasteiger partial charge is 0.294 e. The SMILES string of the molecule is Cc1c(O)cc(S(=O)(=O)O)c2c1CC1(CCC3(CC1)OCCO3)C2. The molecule has 7 heteroatoms. The molecule has 24 heavy (non-hydrogen) atoms. The second-order valence-corrected chi connectivity index (χ2v) is 8.80. The number of ether oxygens (including phenoxy) is 2. The lowest BCUT2D eigenvalue weighted by molar-refractivity contribution is -0.191. The quantitative estimate of drug-likeness (QED) is 0.752. The summed E-state index contributed by atoms with van der Waals surface area (Å²) < 4.78 is 44.6. The molecule has 1 aromatic carbocycles. The summed E-state index contributed by atoms with van der Waals surface area (Å²) in [7, 11) is -4.35. The molecular weight excluding hydrogens is 332 g/mol. The van der Waals surface area contributed by atoms with Crippen molar-refractivity contribution in [2.24, 2.45) is 5.41 Å². The molecule has 132 valence electrons. The summed E-state index contributed by atoms with van der Waals surface area (Å²) in [5.41, 5.74) is 2.20. The van der Waals surface area contributed by atoms with E-state index in [0.29, 0.717) is 30.8 Å². The van der Waals surface area contributed by atoms with Crippen LogP contribution in [0.2, 0.25) is 0 Å². The fourth-order valence-corrected chi connectivity index (χ4v) is 5.39. The summed E-state index contributed by atoms with van der Waals surface area (Å²) in [4.78, 5) is -0.147. The molecule has 0 atom stereocenters. The average Bonchev–Trinajstić information content (AvgIpc) is 3.11. The van der Waals surface area contributed by atoms with Crippen molar-refractivity contribution in [3.8, 4) is 5.75 Å². The van der Waals surface area contributed by atoms with Gasteiger partial charge >= 0.3 is 0 Å². The molecule has 1 saturated heterocycles. The van der Waals surface area contributed by atoms with Crippen LogP contribution in [0.3, 0.4) is 0 Å². The van der Waals surface area contributed by atoms with Crippen molar-refractivity contribution in [2.45, 2.75) is 56.1 Å². The van der Waals surface area contributed by atoms with Gasteiger partial charge in [0, 0.05) is 18.9 Å². The van der Waals surface area contributed by atoms with Crippen molar-refractivity contribution in [3.05, 3.63) is 22.8 Å². The zero-order valence-electron chi connectivity index (χ0n) is 13.7. The Morgan fingerprint density at radius 1 is 1.04 bits per heavy atom. The number of hydrogen-bond acceptors (Lipinski definition) is 5. The number of hydrogen-bond donors (Lipinski definition) is 2.